The van der Waals surface area contributed by atoms with E-state index < -0.39 is 5.60 Å². The predicted molar refractivity (Wildman–Crippen MR) is 80.8 cm³/mol. The summed E-state index contributed by atoms with van der Waals surface area (Å²) in [5.74, 6) is 0.0486. The first-order chi connectivity index (χ1) is 9.86. The van der Waals surface area contributed by atoms with Crippen LogP contribution in [0.25, 0.3) is 0 Å². The molecular formula is C16H28N2O3. The van der Waals surface area contributed by atoms with Crippen LogP contribution in [0.2, 0.25) is 0 Å². The molecule has 2 aliphatic heterocycles. The maximum Gasteiger partial charge on any atom is 0.256 e. The fourth-order valence-electron chi connectivity index (χ4n) is 3.54. The smallest absolute Gasteiger partial charge is 0.256 e. The normalized spacial score (nSPS) is 28.8. The summed E-state index contributed by atoms with van der Waals surface area (Å²) in [6.07, 6.45) is 3.27. The van der Waals surface area contributed by atoms with Gasteiger partial charge in [-0.1, -0.05) is 13.8 Å². The van der Waals surface area contributed by atoms with Crippen LogP contribution in [0.4, 0.5) is 0 Å². The molecule has 0 radical (unpaired) electrons. The van der Waals surface area contributed by atoms with Crippen LogP contribution in [0.5, 0.6) is 0 Å². The second kappa shape index (κ2) is 5.95. The zero-order valence-corrected chi connectivity index (χ0v) is 13.8. The Morgan fingerprint density at radius 2 is 1.76 bits per heavy atom. The number of ether oxygens (including phenoxy) is 1. The lowest BCUT2D eigenvalue weighted by molar-refractivity contribution is -0.170. The highest BCUT2D eigenvalue weighted by Crippen LogP contribution is 2.38. The summed E-state index contributed by atoms with van der Waals surface area (Å²) in [5, 5.41) is 0. The van der Waals surface area contributed by atoms with E-state index in [0.29, 0.717) is 19.7 Å². The van der Waals surface area contributed by atoms with Gasteiger partial charge in [-0.3, -0.25) is 9.59 Å². The van der Waals surface area contributed by atoms with Crippen molar-refractivity contribution in [3.05, 3.63) is 0 Å². The molecule has 0 aromatic heterocycles. The SMILES string of the molecule is CCC1(CC)CCN(C(=O)[C@@]2(C)CN(C(C)=O)CCO2)C1. The number of nitrogens with zero attached hydrogens (tertiary/aromatic N) is 2. The highest BCUT2D eigenvalue weighted by atomic mass is 16.5. The molecule has 2 fully saturated rings. The number of carbonyl (C=O) groups is 2. The zero-order valence-electron chi connectivity index (χ0n) is 13.8. The quantitative estimate of drug-likeness (QED) is 0.796. The fourth-order valence-corrected chi connectivity index (χ4v) is 3.54. The molecule has 2 heterocycles. The molecule has 0 saturated carbocycles. The lowest BCUT2D eigenvalue weighted by atomic mass is 9.82. The molecule has 2 amide bonds. The minimum atomic E-state index is -0.887. The molecule has 0 N–H and O–H groups in total. The molecule has 120 valence electrons. The molecule has 1 atom stereocenters. The molecule has 21 heavy (non-hydrogen) atoms. The largest absolute Gasteiger partial charge is 0.362 e. The first-order valence-electron chi connectivity index (χ1n) is 8.05. The Balaban J connectivity index is 2.07. The molecular weight excluding hydrogens is 268 g/mol. The van der Waals surface area contributed by atoms with Gasteiger partial charge in [-0.15, -0.1) is 0 Å². The Morgan fingerprint density at radius 1 is 1.10 bits per heavy atom. The van der Waals surface area contributed by atoms with Crippen molar-refractivity contribution in [2.45, 2.75) is 52.6 Å². The van der Waals surface area contributed by atoms with Crippen LogP contribution in [0, 0.1) is 5.41 Å². The van der Waals surface area contributed by atoms with Crippen molar-refractivity contribution in [2.24, 2.45) is 5.41 Å². The third-order valence-corrected chi connectivity index (χ3v) is 5.40. The van der Waals surface area contributed by atoms with Crippen molar-refractivity contribution in [3.8, 4) is 0 Å². The monoisotopic (exact) mass is 296 g/mol. The summed E-state index contributed by atoms with van der Waals surface area (Å²) in [6, 6.07) is 0. The van der Waals surface area contributed by atoms with Gasteiger partial charge in [-0.2, -0.15) is 0 Å². The van der Waals surface area contributed by atoms with Crippen LogP contribution in [-0.4, -0.2) is 60.0 Å². The van der Waals surface area contributed by atoms with E-state index in [2.05, 4.69) is 13.8 Å². The van der Waals surface area contributed by atoms with Gasteiger partial charge in [0.1, 0.15) is 0 Å². The highest BCUT2D eigenvalue weighted by molar-refractivity contribution is 5.86. The summed E-state index contributed by atoms with van der Waals surface area (Å²) in [7, 11) is 0. The molecule has 5 nitrogen and oxygen atoms in total. The molecule has 2 saturated heterocycles. The van der Waals surface area contributed by atoms with Crippen molar-refractivity contribution >= 4 is 11.8 Å². The van der Waals surface area contributed by atoms with Gasteiger partial charge in [0.25, 0.3) is 5.91 Å². The van der Waals surface area contributed by atoms with E-state index in [4.69, 9.17) is 4.74 Å². The van der Waals surface area contributed by atoms with Crippen LogP contribution < -0.4 is 0 Å². The topological polar surface area (TPSA) is 49.9 Å². The Labute approximate surface area is 127 Å². The van der Waals surface area contributed by atoms with Crippen LogP contribution in [0.15, 0.2) is 0 Å². The summed E-state index contributed by atoms with van der Waals surface area (Å²) >= 11 is 0. The van der Waals surface area contributed by atoms with Gasteiger partial charge >= 0.3 is 0 Å². The average molecular weight is 296 g/mol. The second-order valence-corrected chi connectivity index (χ2v) is 6.70. The van der Waals surface area contributed by atoms with Gasteiger partial charge in [0.15, 0.2) is 5.60 Å². The highest BCUT2D eigenvalue weighted by Gasteiger charge is 2.46. The Bertz CT molecular complexity index is 420. The maximum absolute atomic E-state index is 12.9. The van der Waals surface area contributed by atoms with E-state index in [1.807, 2.05) is 11.8 Å². The van der Waals surface area contributed by atoms with Gasteiger partial charge in [0.2, 0.25) is 5.91 Å². The molecule has 0 aromatic rings. The number of likely N-dealkylation sites (tertiary alicyclic amines) is 1. The fraction of sp³-hybridized carbons (Fsp3) is 0.875. The van der Waals surface area contributed by atoms with E-state index in [0.717, 1.165) is 32.4 Å². The summed E-state index contributed by atoms with van der Waals surface area (Å²) < 4.78 is 5.77. The standard InChI is InChI=1S/C16H28N2O3/c1-5-16(6-2)7-8-18(12-16)14(20)15(4)11-17(13(3)19)9-10-21-15/h5-12H2,1-4H3/t15-/m1/s1. The van der Waals surface area contributed by atoms with Crippen LogP contribution in [0.1, 0.15) is 47.0 Å². The van der Waals surface area contributed by atoms with Crippen molar-refractivity contribution < 1.29 is 14.3 Å². The van der Waals surface area contributed by atoms with Gasteiger partial charge in [0, 0.05) is 26.6 Å². The number of amides is 2. The number of rotatable bonds is 3. The van der Waals surface area contributed by atoms with Crippen LogP contribution in [0.3, 0.4) is 0 Å². The van der Waals surface area contributed by atoms with E-state index >= 15 is 0 Å². The van der Waals surface area contributed by atoms with E-state index in [1.165, 1.54) is 0 Å². The van der Waals surface area contributed by atoms with Gasteiger partial charge in [0.05, 0.1) is 13.2 Å². The van der Waals surface area contributed by atoms with Crippen molar-refractivity contribution in [3.63, 3.8) is 0 Å². The lowest BCUT2D eigenvalue weighted by Gasteiger charge is -2.41. The van der Waals surface area contributed by atoms with E-state index in [1.54, 1.807) is 11.8 Å². The Morgan fingerprint density at radius 3 is 2.29 bits per heavy atom. The molecule has 0 aromatic carbocycles. The molecule has 2 rings (SSSR count). The lowest BCUT2D eigenvalue weighted by Crippen LogP contribution is -2.59. The van der Waals surface area contributed by atoms with Gasteiger partial charge in [-0.25, -0.2) is 0 Å². The van der Waals surface area contributed by atoms with Crippen LogP contribution in [-0.2, 0) is 14.3 Å². The minimum Gasteiger partial charge on any atom is -0.362 e. The minimum absolute atomic E-state index is 0.00945. The third-order valence-electron chi connectivity index (χ3n) is 5.40. The molecule has 0 aliphatic carbocycles. The Hall–Kier alpha value is -1.10. The average Bonchev–Trinajstić information content (AvgIpc) is 2.91. The molecule has 0 unspecified atom stereocenters. The molecule has 5 heteroatoms. The van der Waals surface area contributed by atoms with Crippen LogP contribution >= 0.6 is 0 Å². The number of hydrogen-bond acceptors (Lipinski definition) is 3. The summed E-state index contributed by atoms with van der Waals surface area (Å²) in [4.78, 5) is 28.1. The van der Waals surface area contributed by atoms with E-state index in [9.17, 15) is 9.59 Å². The maximum atomic E-state index is 12.9. The molecule has 2 aliphatic rings. The third kappa shape index (κ3) is 3.07. The number of hydrogen-bond donors (Lipinski definition) is 0. The van der Waals surface area contributed by atoms with Crippen molar-refractivity contribution in [1.82, 2.24) is 9.80 Å². The van der Waals surface area contributed by atoms with Gasteiger partial charge < -0.3 is 14.5 Å². The molecule has 0 spiro atoms. The number of carbonyl (C=O) groups excluding carboxylic acids is 2. The second-order valence-electron chi connectivity index (χ2n) is 6.70. The van der Waals surface area contributed by atoms with Crippen molar-refractivity contribution in [1.29, 1.82) is 0 Å². The summed E-state index contributed by atoms with van der Waals surface area (Å²) in [5.41, 5.74) is -0.623. The summed E-state index contributed by atoms with van der Waals surface area (Å²) in [6.45, 7) is 10.8. The van der Waals surface area contributed by atoms with Crippen molar-refractivity contribution in [2.75, 3.05) is 32.8 Å². The first-order valence-corrected chi connectivity index (χ1v) is 8.05. The zero-order chi connectivity index (χ0) is 15.7. The van der Waals surface area contributed by atoms with E-state index in [-0.39, 0.29) is 17.2 Å². The van der Waals surface area contributed by atoms with Gasteiger partial charge in [-0.05, 0) is 31.6 Å². The predicted octanol–water partition coefficient (Wildman–Crippen LogP) is 1.66. The Kier molecular flexibility index (Phi) is 4.61. The molecule has 0 bridgehead atoms. The first kappa shape index (κ1) is 16.3. The number of morpholine rings is 1.